The molecule has 0 fully saturated rings. The first-order valence-corrected chi connectivity index (χ1v) is 3.33. The van der Waals surface area contributed by atoms with E-state index < -0.39 is 11.1 Å². The van der Waals surface area contributed by atoms with Crippen molar-refractivity contribution >= 4 is 11.1 Å². The van der Waals surface area contributed by atoms with Crippen molar-refractivity contribution in [3.8, 4) is 0 Å². The predicted octanol–water partition coefficient (Wildman–Crippen LogP) is 0.709. The van der Waals surface area contributed by atoms with Gasteiger partial charge in [-0.3, -0.25) is 4.21 Å². The van der Waals surface area contributed by atoms with Crippen molar-refractivity contribution in [1.29, 1.82) is 0 Å². The van der Waals surface area contributed by atoms with E-state index in [9.17, 15) is 8.76 Å². The minimum absolute atomic E-state index is 0.477. The Kier molecular flexibility index (Phi) is 1.60. The molecule has 0 radical (unpaired) electrons. The van der Waals surface area contributed by atoms with E-state index in [0.717, 1.165) is 0 Å². The van der Waals surface area contributed by atoms with Crippen LogP contribution in [0.3, 0.4) is 0 Å². The Labute approximate surface area is 50.2 Å². The molecular formula is C5H5O2S-. The van der Waals surface area contributed by atoms with Gasteiger partial charge in [0.25, 0.3) is 0 Å². The van der Waals surface area contributed by atoms with E-state index in [1.165, 1.54) is 0 Å². The van der Waals surface area contributed by atoms with Crippen LogP contribution in [-0.4, -0.2) is 8.76 Å². The van der Waals surface area contributed by atoms with Gasteiger partial charge in [0.15, 0.2) is 0 Å². The van der Waals surface area contributed by atoms with Crippen LogP contribution in [0.25, 0.3) is 0 Å². The molecule has 0 aliphatic heterocycles. The number of allylic oxidation sites excluding steroid dienone is 4. The van der Waals surface area contributed by atoms with Crippen molar-refractivity contribution in [3.63, 3.8) is 0 Å². The Morgan fingerprint density at radius 3 is 2.75 bits per heavy atom. The zero-order valence-electron chi connectivity index (χ0n) is 4.16. The molecular weight excluding hydrogens is 124 g/mol. The first-order valence-electron chi connectivity index (χ1n) is 2.25. The van der Waals surface area contributed by atoms with Gasteiger partial charge in [0, 0.05) is 4.91 Å². The van der Waals surface area contributed by atoms with Gasteiger partial charge in [0.2, 0.25) is 0 Å². The number of hydrogen-bond acceptors (Lipinski definition) is 2. The monoisotopic (exact) mass is 129 g/mol. The Balaban J connectivity index is 2.64. The SMILES string of the molecule is O=S([O-])C1=CC=CC1. The molecule has 1 unspecified atom stereocenters. The third kappa shape index (κ3) is 1.05. The summed E-state index contributed by atoms with van der Waals surface area (Å²) in [7, 11) is 0. The van der Waals surface area contributed by atoms with Crippen LogP contribution in [0.2, 0.25) is 0 Å². The van der Waals surface area contributed by atoms with Crippen molar-refractivity contribution in [2.75, 3.05) is 0 Å². The molecule has 0 aromatic carbocycles. The zero-order chi connectivity index (χ0) is 5.98. The van der Waals surface area contributed by atoms with Crippen LogP contribution in [0, 0.1) is 0 Å². The minimum Gasteiger partial charge on any atom is -0.769 e. The lowest BCUT2D eigenvalue weighted by atomic mass is 10.5. The van der Waals surface area contributed by atoms with E-state index in [1.807, 2.05) is 6.08 Å². The van der Waals surface area contributed by atoms with Crippen LogP contribution in [0.15, 0.2) is 23.1 Å². The molecule has 2 nitrogen and oxygen atoms in total. The van der Waals surface area contributed by atoms with Crippen LogP contribution >= 0.6 is 0 Å². The summed E-state index contributed by atoms with van der Waals surface area (Å²) in [6, 6.07) is 0. The summed E-state index contributed by atoms with van der Waals surface area (Å²) in [5, 5.41) is 0. The van der Waals surface area contributed by atoms with Crippen molar-refractivity contribution in [2.24, 2.45) is 0 Å². The fraction of sp³-hybridized carbons (Fsp3) is 0.200. The smallest absolute Gasteiger partial charge is 0.00616 e. The van der Waals surface area contributed by atoms with Crippen LogP contribution in [0.1, 0.15) is 6.42 Å². The molecule has 1 aliphatic carbocycles. The molecule has 1 rings (SSSR count). The molecule has 0 saturated heterocycles. The lowest BCUT2D eigenvalue weighted by Crippen LogP contribution is -1.87. The molecule has 0 amide bonds. The molecule has 0 bridgehead atoms. The molecule has 0 heterocycles. The molecule has 0 N–H and O–H groups in total. The fourth-order valence-electron chi connectivity index (χ4n) is 0.551. The first kappa shape index (κ1) is 5.72. The average molecular weight is 129 g/mol. The summed E-state index contributed by atoms with van der Waals surface area (Å²) in [5.74, 6) is 0. The lowest BCUT2D eigenvalue weighted by molar-refractivity contribution is 0.543. The van der Waals surface area contributed by atoms with Crippen molar-refractivity contribution in [2.45, 2.75) is 6.42 Å². The molecule has 0 aromatic heterocycles. The van der Waals surface area contributed by atoms with E-state index >= 15 is 0 Å². The second kappa shape index (κ2) is 2.24. The maximum atomic E-state index is 10.1. The van der Waals surface area contributed by atoms with Gasteiger partial charge in [0.1, 0.15) is 0 Å². The van der Waals surface area contributed by atoms with E-state index in [4.69, 9.17) is 0 Å². The summed E-state index contributed by atoms with van der Waals surface area (Å²) in [5.41, 5.74) is 0. The summed E-state index contributed by atoms with van der Waals surface area (Å²) < 4.78 is 20.2. The Morgan fingerprint density at radius 1 is 1.75 bits per heavy atom. The molecule has 44 valence electrons. The minimum atomic E-state index is -1.99. The Bertz CT molecular complexity index is 169. The van der Waals surface area contributed by atoms with Gasteiger partial charge in [-0.1, -0.05) is 18.2 Å². The Hall–Kier alpha value is -0.410. The molecule has 1 aliphatic rings. The summed E-state index contributed by atoms with van der Waals surface area (Å²) in [6.07, 6.45) is 5.72. The summed E-state index contributed by atoms with van der Waals surface area (Å²) in [4.78, 5) is 0.477. The summed E-state index contributed by atoms with van der Waals surface area (Å²) >= 11 is -1.99. The van der Waals surface area contributed by atoms with Crippen LogP contribution in [0.4, 0.5) is 0 Å². The van der Waals surface area contributed by atoms with Gasteiger partial charge in [-0.2, -0.15) is 0 Å². The van der Waals surface area contributed by atoms with Crippen molar-refractivity contribution in [3.05, 3.63) is 23.1 Å². The van der Waals surface area contributed by atoms with E-state index in [-0.39, 0.29) is 0 Å². The highest BCUT2D eigenvalue weighted by Crippen LogP contribution is 2.11. The molecule has 1 atom stereocenters. The Morgan fingerprint density at radius 2 is 2.50 bits per heavy atom. The van der Waals surface area contributed by atoms with Crippen molar-refractivity contribution < 1.29 is 8.76 Å². The van der Waals surface area contributed by atoms with Gasteiger partial charge in [-0.05, 0) is 17.5 Å². The standard InChI is InChI=1S/C5H6O2S/c6-8(7)5-3-1-2-4-5/h1-3H,4H2,(H,6,7)/p-1. The first-order chi connectivity index (χ1) is 3.80. The number of hydrogen-bond donors (Lipinski definition) is 0. The van der Waals surface area contributed by atoms with Crippen molar-refractivity contribution in [1.82, 2.24) is 0 Å². The van der Waals surface area contributed by atoms with Gasteiger partial charge >= 0.3 is 0 Å². The third-order valence-electron chi connectivity index (χ3n) is 0.951. The molecule has 8 heavy (non-hydrogen) atoms. The van der Waals surface area contributed by atoms with Crippen LogP contribution in [0.5, 0.6) is 0 Å². The quantitative estimate of drug-likeness (QED) is 0.489. The third-order valence-corrected chi connectivity index (χ3v) is 1.68. The largest absolute Gasteiger partial charge is 0.769 e. The predicted molar refractivity (Wildman–Crippen MR) is 30.8 cm³/mol. The normalized spacial score (nSPS) is 20.9. The number of rotatable bonds is 1. The van der Waals surface area contributed by atoms with Gasteiger partial charge in [-0.25, -0.2) is 0 Å². The molecule has 3 heteroatoms. The van der Waals surface area contributed by atoms with E-state index in [2.05, 4.69) is 0 Å². The average Bonchev–Trinajstić information content (AvgIpc) is 2.12. The van der Waals surface area contributed by atoms with Gasteiger partial charge < -0.3 is 4.55 Å². The zero-order valence-corrected chi connectivity index (χ0v) is 4.98. The topological polar surface area (TPSA) is 40.1 Å². The lowest BCUT2D eigenvalue weighted by Gasteiger charge is -2.02. The van der Waals surface area contributed by atoms with Crippen LogP contribution in [-0.2, 0) is 11.1 Å². The van der Waals surface area contributed by atoms with Gasteiger partial charge in [-0.15, -0.1) is 0 Å². The molecule has 0 saturated carbocycles. The molecule has 0 spiro atoms. The second-order valence-electron chi connectivity index (χ2n) is 1.50. The fourth-order valence-corrected chi connectivity index (χ4v) is 0.973. The van der Waals surface area contributed by atoms with Crippen LogP contribution < -0.4 is 0 Å². The summed E-state index contributed by atoms with van der Waals surface area (Å²) in [6.45, 7) is 0. The van der Waals surface area contributed by atoms with Gasteiger partial charge in [0.05, 0.1) is 0 Å². The van der Waals surface area contributed by atoms with E-state index in [1.54, 1.807) is 12.2 Å². The van der Waals surface area contributed by atoms with E-state index in [0.29, 0.717) is 11.3 Å². The highest BCUT2D eigenvalue weighted by atomic mass is 32.2. The second-order valence-corrected chi connectivity index (χ2v) is 2.49. The maximum Gasteiger partial charge on any atom is 0.00616 e. The highest BCUT2D eigenvalue weighted by Gasteiger charge is 1.96. The molecule has 0 aromatic rings. The highest BCUT2D eigenvalue weighted by molar-refractivity contribution is 7.83. The maximum absolute atomic E-state index is 10.1.